The molecule has 5 heteroatoms. The summed E-state index contributed by atoms with van der Waals surface area (Å²) in [7, 11) is 1.63. The SMILES string of the molecule is COc1c(C)cc(C)cc1-c1nncnc1N. The van der Waals surface area contributed by atoms with E-state index in [0.717, 1.165) is 22.4 Å². The van der Waals surface area contributed by atoms with Crippen LogP contribution in [0.2, 0.25) is 0 Å². The molecule has 0 amide bonds. The highest BCUT2D eigenvalue weighted by atomic mass is 16.5. The number of nitrogens with two attached hydrogens (primary N) is 1. The van der Waals surface area contributed by atoms with E-state index in [9.17, 15) is 0 Å². The molecule has 5 nitrogen and oxygen atoms in total. The van der Waals surface area contributed by atoms with Crippen molar-refractivity contribution in [2.45, 2.75) is 13.8 Å². The number of methoxy groups -OCH3 is 1. The Hall–Kier alpha value is -2.17. The van der Waals surface area contributed by atoms with E-state index < -0.39 is 0 Å². The van der Waals surface area contributed by atoms with Gasteiger partial charge in [-0.25, -0.2) is 4.98 Å². The maximum atomic E-state index is 5.81. The predicted octanol–water partition coefficient (Wildman–Crippen LogP) is 1.75. The van der Waals surface area contributed by atoms with Crippen LogP contribution >= 0.6 is 0 Å². The van der Waals surface area contributed by atoms with Crippen molar-refractivity contribution in [1.29, 1.82) is 0 Å². The summed E-state index contributed by atoms with van der Waals surface area (Å²) in [6.07, 6.45) is 1.33. The molecule has 2 rings (SSSR count). The van der Waals surface area contributed by atoms with Gasteiger partial charge in [-0.3, -0.25) is 0 Å². The van der Waals surface area contributed by atoms with Crippen LogP contribution in [-0.2, 0) is 0 Å². The molecule has 0 bridgehead atoms. The van der Waals surface area contributed by atoms with Gasteiger partial charge in [0.15, 0.2) is 5.82 Å². The third kappa shape index (κ3) is 2.04. The first-order chi connectivity index (χ1) is 8.13. The lowest BCUT2D eigenvalue weighted by atomic mass is 10.0. The second-order valence-corrected chi connectivity index (χ2v) is 3.86. The lowest BCUT2D eigenvalue weighted by molar-refractivity contribution is 0.413. The number of hydrogen-bond donors (Lipinski definition) is 1. The third-order valence-corrected chi connectivity index (χ3v) is 2.53. The zero-order valence-corrected chi connectivity index (χ0v) is 10.1. The largest absolute Gasteiger partial charge is 0.496 e. The van der Waals surface area contributed by atoms with Crippen LogP contribution in [0.25, 0.3) is 11.3 Å². The zero-order valence-electron chi connectivity index (χ0n) is 10.1. The Bertz CT molecular complexity index is 554. The molecule has 0 radical (unpaired) electrons. The third-order valence-electron chi connectivity index (χ3n) is 2.53. The van der Waals surface area contributed by atoms with Gasteiger partial charge in [-0.2, -0.15) is 0 Å². The number of anilines is 1. The molecular formula is C12H14N4O. The average Bonchev–Trinajstić information content (AvgIpc) is 2.28. The van der Waals surface area contributed by atoms with Gasteiger partial charge in [0.1, 0.15) is 17.8 Å². The van der Waals surface area contributed by atoms with E-state index in [1.54, 1.807) is 7.11 Å². The maximum absolute atomic E-state index is 5.81. The molecule has 0 unspecified atom stereocenters. The molecule has 1 heterocycles. The van der Waals surface area contributed by atoms with E-state index in [1.165, 1.54) is 6.33 Å². The second kappa shape index (κ2) is 4.37. The normalized spacial score (nSPS) is 10.3. The van der Waals surface area contributed by atoms with Crippen LogP contribution in [0.4, 0.5) is 5.82 Å². The first-order valence-electron chi connectivity index (χ1n) is 5.22. The number of hydrogen-bond acceptors (Lipinski definition) is 5. The minimum atomic E-state index is 0.350. The van der Waals surface area contributed by atoms with E-state index >= 15 is 0 Å². The lowest BCUT2D eigenvalue weighted by Crippen LogP contribution is -2.01. The van der Waals surface area contributed by atoms with Crippen molar-refractivity contribution in [2.75, 3.05) is 12.8 Å². The van der Waals surface area contributed by atoms with Crippen molar-refractivity contribution in [3.63, 3.8) is 0 Å². The first kappa shape index (κ1) is 11.3. The summed E-state index contributed by atoms with van der Waals surface area (Å²) in [4.78, 5) is 3.94. The fourth-order valence-electron chi connectivity index (χ4n) is 1.88. The van der Waals surface area contributed by atoms with Crippen molar-refractivity contribution in [3.05, 3.63) is 29.6 Å². The summed E-state index contributed by atoms with van der Waals surface area (Å²) in [6.45, 7) is 3.99. The van der Waals surface area contributed by atoms with E-state index in [-0.39, 0.29) is 0 Å². The number of aryl methyl sites for hydroxylation is 2. The molecule has 0 fully saturated rings. The monoisotopic (exact) mass is 230 g/mol. The van der Waals surface area contributed by atoms with Crippen LogP contribution in [0.15, 0.2) is 18.5 Å². The van der Waals surface area contributed by atoms with Crippen LogP contribution in [0.3, 0.4) is 0 Å². The standard InChI is InChI=1S/C12H14N4O/c1-7-4-8(2)11(17-3)9(5-7)10-12(13)14-6-15-16-10/h4-6H,1-3H3,(H2,13,14,15). The van der Waals surface area contributed by atoms with Gasteiger partial charge in [-0.15, -0.1) is 10.2 Å². The maximum Gasteiger partial charge on any atom is 0.153 e. The number of nitrogens with zero attached hydrogens (tertiary/aromatic N) is 3. The molecule has 2 aromatic rings. The van der Waals surface area contributed by atoms with Crippen molar-refractivity contribution in [2.24, 2.45) is 0 Å². The Morgan fingerprint density at radius 3 is 2.65 bits per heavy atom. The molecule has 0 atom stereocenters. The molecule has 0 spiro atoms. The summed E-state index contributed by atoms with van der Waals surface area (Å²) in [5, 5.41) is 7.78. The molecule has 0 saturated carbocycles. The first-order valence-corrected chi connectivity index (χ1v) is 5.22. The fourth-order valence-corrected chi connectivity index (χ4v) is 1.88. The molecular weight excluding hydrogens is 216 g/mol. The Morgan fingerprint density at radius 1 is 1.24 bits per heavy atom. The molecule has 17 heavy (non-hydrogen) atoms. The van der Waals surface area contributed by atoms with Crippen molar-refractivity contribution < 1.29 is 4.74 Å². The summed E-state index contributed by atoms with van der Waals surface area (Å²) in [5.41, 5.74) is 9.33. The van der Waals surface area contributed by atoms with Gasteiger partial charge in [0.05, 0.1) is 7.11 Å². The topological polar surface area (TPSA) is 73.9 Å². The van der Waals surface area contributed by atoms with Gasteiger partial charge < -0.3 is 10.5 Å². The highest BCUT2D eigenvalue weighted by Crippen LogP contribution is 2.34. The second-order valence-electron chi connectivity index (χ2n) is 3.86. The van der Waals surface area contributed by atoms with Gasteiger partial charge in [-0.05, 0) is 31.0 Å². The average molecular weight is 230 g/mol. The summed E-state index contributed by atoms with van der Waals surface area (Å²) in [6, 6.07) is 4.01. The summed E-state index contributed by atoms with van der Waals surface area (Å²) in [5.74, 6) is 1.10. The van der Waals surface area contributed by atoms with Crippen LogP contribution in [0.5, 0.6) is 5.75 Å². The Morgan fingerprint density at radius 2 is 2.00 bits per heavy atom. The highest BCUT2D eigenvalue weighted by Gasteiger charge is 2.14. The summed E-state index contributed by atoms with van der Waals surface area (Å²) < 4.78 is 5.39. The highest BCUT2D eigenvalue weighted by molar-refractivity contribution is 5.76. The van der Waals surface area contributed by atoms with Gasteiger partial charge in [0, 0.05) is 5.56 Å². The zero-order chi connectivity index (χ0) is 12.4. The van der Waals surface area contributed by atoms with Gasteiger partial charge in [0.25, 0.3) is 0 Å². The van der Waals surface area contributed by atoms with E-state index in [2.05, 4.69) is 15.2 Å². The number of nitrogen functional groups attached to an aromatic ring is 1. The van der Waals surface area contributed by atoms with E-state index in [4.69, 9.17) is 10.5 Å². The molecule has 0 saturated heterocycles. The molecule has 88 valence electrons. The van der Waals surface area contributed by atoms with Crippen molar-refractivity contribution in [3.8, 4) is 17.0 Å². The molecule has 0 aliphatic rings. The number of benzene rings is 1. The Labute approximate surface area is 99.7 Å². The lowest BCUT2D eigenvalue weighted by Gasteiger charge is -2.12. The molecule has 1 aromatic carbocycles. The van der Waals surface area contributed by atoms with Crippen LogP contribution < -0.4 is 10.5 Å². The molecule has 2 N–H and O–H groups in total. The van der Waals surface area contributed by atoms with Crippen LogP contribution in [0, 0.1) is 13.8 Å². The van der Waals surface area contributed by atoms with Crippen LogP contribution in [-0.4, -0.2) is 22.3 Å². The molecule has 1 aromatic heterocycles. The van der Waals surface area contributed by atoms with Crippen molar-refractivity contribution in [1.82, 2.24) is 15.2 Å². The molecule has 0 aliphatic carbocycles. The number of rotatable bonds is 2. The summed E-state index contributed by atoms with van der Waals surface area (Å²) >= 11 is 0. The van der Waals surface area contributed by atoms with E-state index in [1.807, 2.05) is 26.0 Å². The molecule has 0 aliphatic heterocycles. The van der Waals surface area contributed by atoms with Crippen molar-refractivity contribution >= 4 is 5.82 Å². The van der Waals surface area contributed by atoms with Crippen LogP contribution in [0.1, 0.15) is 11.1 Å². The smallest absolute Gasteiger partial charge is 0.153 e. The number of aromatic nitrogens is 3. The van der Waals surface area contributed by atoms with Gasteiger partial charge in [0.2, 0.25) is 0 Å². The van der Waals surface area contributed by atoms with E-state index in [0.29, 0.717) is 11.5 Å². The van der Waals surface area contributed by atoms with Gasteiger partial charge in [-0.1, -0.05) is 6.07 Å². The minimum Gasteiger partial charge on any atom is -0.496 e. The Kier molecular flexibility index (Phi) is 2.91. The van der Waals surface area contributed by atoms with Gasteiger partial charge >= 0.3 is 0 Å². The predicted molar refractivity (Wildman–Crippen MR) is 65.7 cm³/mol. The number of ether oxygens (including phenoxy) is 1. The minimum absolute atomic E-state index is 0.350. The Balaban J connectivity index is 2.70. The quantitative estimate of drug-likeness (QED) is 0.850. The fraction of sp³-hybridized carbons (Fsp3) is 0.250.